The number of carbonyl (C=O) groups is 2. The smallest absolute Gasteiger partial charge is 0.289 e. The number of ether oxygens (including phenoxy) is 3. The lowest BCUT2D eigenvalue weighted by Gasteiger charge is -2.15. The van der Waals surface area contributed by atoms with Crippen LogP contribution in [-0.4, -0.2) is 48.7 Å². The molecule has 0 spiro atoms. The van der Waals surface area contributed by atoms with Crippen LogP contribution in [0.5, 0.6) is 17.2 Å². The summed E-state index contributed by atoms with van der Waals surface area (Å²) in [6.07, 6.45) is 0.408. The zero-order valence-electron chi connectivity index (χ0n) is 15.5. The van der Waals surface area contributed by atoms with Crippen LogP contribution >= 0.6 is 11.8 Å². The topological polar surface area (TPSA) is 65.1 Å². The number of benzene rings is 2. The number of hydrogen-bond acceptors (Lipinski definition) is 6. The number of thioether (sulfide) groups is 1. The summed E-state index contributed by atoms with van der Waals surface area (Å²) in [5, 5.41) is -0.783. The van der Waals surface area contributed by atoms with Crippen LogP contribution in [0.2, 0.25) is 0 Å². The summed E-state index contributed by atoms with van der Waals surface area (Å²) < 4.78 is 28.9. The minimum absolute atomic E-state index is 0.143. The van der Waals surface area contributed by atoms with Crippen molar-refractivity contribution in [3.8, 4) is 17.2 Å². The molecule has 0 aliphatic carbocycles. The summed E-state index contributed by atoms with van der Waals surface area (Å²) in [4.78, 5) is 26.0. The van der Waals surface area contributed by atoms with Gasteiger partial charge in [-0.05, 0) is 48.4 Å². The molecule has 1 aliphatic heterocycles. The van der Waals surface area contributed by atoms with Crippen LogP contribution in [0.25, 0.3) is 0 Å². The van der Waals surface area contributed by atoms with Gasteiger partial charge < -0.3 is 14.2 Å². The zero-order chi connectivity index (χ0) is 20.1. The van der Waals surface area contributed by atoms with E-state index in [-0.39, 0.29) is 30.1 Å². The van der Waals surface area contributed by atoms with Gasteiger partial charge in [0.25, 0.3) is 5.24 Å². The van der Waals surface area contributed by atoms with E-state index in [9.17, 15) is 14.0 Å². The number of halogens is 1. The Morgan fingerprint density at radius 3 is 2.43 bits per heavy atom. The van der Waals surface area contributed by atoms with Gasteiger partial charge in [-0.25, -0.2) is 4.39 Å². The third kappa shape index (κ3) is 4.56. The lowest BCUT2D eigenvalue weighted by atomic mass is 10.1. The Hall–Kier alpha value is -2.74. The van der Waals surface area contributed by atoms with E-state index >= 15 is 0 Å². The molecule has 0 aromatic heterocycles. The summed E-state index contributed by atoms with van der Waals surface area (Å²) in [6, 6.07) is 11.0. The average Bonchev–Trinajstić information content (AvgIpc) is 2.96. The van der Waals surface area contributed by atoms with Crippen LogP contribution in [0.1, 0.15) is 5.56 Å². The molecule has 1 heterocycles. The first kappa shape index (κ1) is 20.0. The van der Waals surface area contributed by atoms with Gasteiger partial charge in [-0.1, -0.05) is 17.8 Å². The highest BCUT2D eigenvalue weighted by Crippen LogP contribution is 2.32. The molecule has 8 heteroatoms. The molecule has 6 nitrogen and oxygen atoms in total. The molecule has 0 N–H and O–H groups in total. The Kier molecular flexibility index (Phi) is 6.41. The van der Waals surface area contributed by atoms with E-state index < -0.39 is 5.25 Å². The Balaban J connectivity index is 1.57. The molecule has 0 unspecified atom stereocenters. The van der Waals surface area contributed by atoms with Crippen molar-refractivity contribution < 1.29 is 28.2 Å². The summed E-state index contributed by atoms with van der Waals surface area (Å²) in [5.74, 6) is 1.06. The van der Waals surface area contributed by atoms with Crippen LogP contribution < -0.4 is 14.2 Å². The third-order valence-electron chi connectivity index (χ3n) is 4.27. The van der Waals surface area contributed by atoms with Crippen LogP contribution in [0.4, 0.5) is 9.18 Å². The van der Waals surface area contributed by atoms with Crippen molar-refractivity contribution in [1.82, 2.24) is 4.90 Å². The van der Waals surface area contributed by atoms with Gasteiger partial charge in [0.15, 0.2) is 11.5 Å². The molecule has 0 bridgehead atoms. The number of hydrogen-bond donors (Lipinski definition) is 0. The first-order chi connectivity index (χ1) is 13.5. The van der Waals surface area contributed by atoms with Crippen LogP contribution in [0.15, 0.2) is 42.5 Å². The lowest BCUT2D eigenvalue weighted by molar-refractivity contribution is -0.126. The summed E-state index contributed by atoms with van der Waals surface area (Å²) in [7, 11) is 3.10. The lowest BCUT2D eigenvalue weighted by Crippen LogP contribution is -2.35. The fraction of sp³-hybridized carbons (Fsp3) is 0.300. The van der Waals surface area contributed by atoms with E-state index in [1.54, 1.807) is 26.4 Å². The normalized spacial score (nSPS) is 16.4. The molecule has 1 fully saturated rings. The van der Waals surface area contributed by atoms with Gasteiger partial charge in [0.1, 0.15) is 18.2 Å². The molecule has 2 aromatic rings. The molecule has 1 saturated heterocycles. The molecule has 2 aromatic carbocycles. The van der Waals surface area contributed by atoms with Crippen LogP contribution in [0.3, 0.4) is 0 Å². The van der Waals surface area contributed by atoms with Crippen molar-refractivity contribution in [1.29, 1.82) is 0 Å². The number of nitrogens with zero attached hydrogens (tertiary/aromatic N) is 1. The van der Waals surface area contributed by atoms with E-state index in [2.05, 4.69) is 0 Å². The second-order valence-electron chi connectivity index (χ2n) is 6.06. The number of carbonyl (C=O) groups excluding carboxylic acids is 2. The maximum Gasteiger partial charge on any atom is 0.289 e. The summed E-state index contributed by atoms with van der Waals surface area (Å²) in [6.45, 7) is 0.289. The van der Waals surface area contributed by atoms with Gasteiger partial charge in [-0.15, -0.1) is 0 Å². The van der Waals surface area contributed by atoms with E-state index in [4.69, 9.17) is 14.2 Å². The molecular formula is C20H20FNO5S. The van der Waals surface area contributed by atoms with E-state index in [1.807, 2.05) is 6.07 Å². The highest BCUT2D eigenvalue weighted by Gasteiger charge is 2.39. The summed E-state index contributed by atoms with van der Waals surface area (Å²) in [5.41, 5.74) is 0.876. The minimum Gasteiger partial charge on any atom is -0.493 e. The molecule has 0 radical (unpaired) electrons. The number of imide groups is 1. The predicted molar refractivity (Wildman–Crippen MR) is 104 cm³/mol. The van der Waals surface area contributed by atoms with Gasteiger partial charge in [0, 0.05) is 0 Å². The highest BCUT2D eigenvalue weighted by atomic mass is 32.2. The van der Waals surface area contributed by atoms with Crippen molar-refractivity contribution >= 4 is 22.9 Å². The predicted octanol–water partition coefficient (Wildman–Crippen LogP) is 3.53. The molecule has 1 aliphatic rings. The molecule has 2 amide bonds. The van der Waals surface area contributed by atoms with E-state index in [1.165, 1.54) is 29.2 Å². The van der Waals surface area contributed by atoms with E-state index in [0.29, 0.717) is 23.7 Å². The van der Waals surface area contributed by atoms with Crippen molar-refractivity contribution in [3.63, 3.8) is 0 Å². The number of methoxy groups -OCH3 is 2. The van der Waals surface area contributed by atoms with Gasteiger partial charge in [0.2, 0.25) is 5.91 Å². The highest BCUT2D eigenvalue weighted by molar-refractivity contribution is 8.15. The van der Waals surface area contributed by atoms with Gasteiger partial charge in [-0.2, -0.15) is 0 Å². The maximum absolute atomic E-state index is 12.9. The molecule has 148 valence electrons. The Morgan fingerprint density at radius 2 is 1.75 bits per heavy atom. The Bertz CT molecular complexity index is 858. The zero-order valence-corrected chi connectivity index (χ0v) is 16.3. The maximum atomic E-state index is 12.9. The SMILES string of the molecule is COc1ccc(C[C@@H]2SC(=O)N(CCOc3ccc(F)cc3)C2=O)cc1OC. The molecule has 0 saturated carbocycles. The van der Waals surface area contributed by atoms with Crippen molar-refractivity contribution in [2.75, 3.05) is 27.4 Å². The monoisotopic (exact) mass is 405 g/mol. The standard InChI is InChI=1S/C20H20FNO5S/c1-25-16-8-3-13(11-17(16)26-2)12-18-19(23)22(20(24)28-18)9-10-27-15-6-4-14(21)5-7-15/h3-8,11,18H,9-10,12H2,1-2H3/t18-/m0/s1. The molecular weight excluding hydrogens is 385 g/mol. The molecule has 3 rings (SSSR count). The van der Waals surface area contributed by atoms with Gasteiger partial charge in [0.05, 0.1) is 26.0 Å². The fourth-order valence-electron chi connectivity index (χ4n) is 2.84. The first-order valence-electron chi connectivity index (χ1n) is 8.63. The van der Waals surface area contributed by atoms with Crippen molar-refractivity contribution in [3.05, 3.63) is 53.8 Å². The van der Waals surface area contributed by atoms with E-state index in [0.717, 1.165) is 17.3 Å². The molecule has 1 atom stereocenters. The largest absolute Gasteiger partial charge is 0.493 e. The molecule has 28 heavy (non-hydrogen) atoms. The quantitative estimate of drug-likeness (QED) is 0.670. The van der Waals surface area contributed by atoms with Crippen LogP contribution in [-0.2, 0) is 11.2 Å². The average molecular weight is 405 g/mol. The van der Waals surface area contributed by atoms with Crippen LogP contribution in [0, 0.1) is 5.82 Å². The number of rotatable bonds is 8. The minimum atomic E-state index is -0.489. The van der Waals surface area contributed by atoms with Crippen molar-refractivity contribution in [2.24, 2.45) is 0 Å². The van der Waals surface area contributed by atoms with Crippen molar-refractivity contribution in [2.45, 2.75) is 11.7 Å². The second kappa shape index (κ2) is 8.97. The Labute approximate surface area is 166 Å². The van der Waals surface area contributed by atoms with Gasteiger partial charge >= 0.3 is 0 Å². The number of amides is 2. The summed E-state index contributed by atoms with van der Waals surface area (Å²) >= 11 is 1.01. The third-order valence-corrected chi connectivity index (χ3v) is 5.35. The fourth-order valence-corrected chi connectivity index (χ4v) is 3.89. The Morgan fingerprint density at radius 1 is 1.04 bits per heavy atom. The second-order valence-corrected chi connectivity index (χ2v) is 7.21. The first-order valence-corrected chi connectivity index (χ1v) is 9.51. The van der Waals surface area contributed by atoms with Gasteiger partial charge in [-0.3, -0.25) is 14.5 Å².